The average molecular weight is 355 g/mol. The van der Waals surface area contributed by atoms with Gasteiger partial charge >= 0.3 is 0 Å². The van der Waals surface area contributed by atoms with Crippen molar-refractivity contribution >= 4 is 24.8 Å². The van der Waals surface area contributed by atoms with Crippen molar-refractivity contribution in [1.29, 1.82) is 0 Å². The van der Waals surface area contributed by atoms with Crippen molar-refractivity contribution in [3.63, 3.8) is 0 Å². The van der Waals surface area contributed by atoms with Gasteiger partial charge in [-0.05, 0) is 18.6 Å². The molecule has 1 N–H and O–H groups in total. The van der Waals surface area contributed by atoms with E-state index in [1.165, 1.54) is 18.2 Å². The molecule has 0 aromatic heterocycles. The van der Waals surface area contributed by atoms with Gasteiger partial charge in [0.25, 0.3) is 0 Å². The summed E-state index contributed by atoms with van der Waals surface area (Å²) in [6.45, 7) is 5.62. The summed E-state index contributed by atoms with van der Waals surface area (Å²) in [5.74, 6) is -0.824. The minimum atomic E-state index is -0.412. The van der Waals surface area contributed by atoms with Crippen LogP contribution in [0.5, 0.6) is 0 Å². The molecule has 0 aliphatic carbocycles. The third kappa shape index (κ3) is 5.65. The van der Waals surface area contributed by atoms with Crippen molar-refractivity contribution in [2.24, 2.45) is 0 Å². The van der Waals surface area contributed by atoms with Gasteiger partial charge < -0.3 is 5.32 Å². The maximum atomic E-state index is 14.1. The molecule has 2 rings (SSSR count). The average Bonchev–Trinajstić information content (AvgIpc) is 2.46. The first-order valence-electron chi connectivity index (χ1n) is 7.62. The summed E-state index contributed by atoms with van der Waals surface area (Å²) >= 11 is 0. The highest BCUT2D eigenvalue weighted by Gasteiger charge is 2.26. The minimum absolute atomic E-state index is 0. The molecule has 0 amide bonds. The maximum Gasteiger partial charge on any atom is 0.130 e. The van der Waals surface area contributed by atoms with E-state index in [2.05, 4.69) is 17.1 Å². The van der Waals surface area contributed by atoms with E-state index in [-0.39, 0.29) is 36.4 Å². The minimum Gasteiger partial charge on any atom is -0.314 e. The predicted octanol–water partition coefficient (Wildman–Crippen LogP) is 4.34. The molecule has 6 heteroatoms. The van der Waals surface area contributed by atoms with E-state index in [1.54, 1.807) is 0 Å². The second kappa shape index (κ2) is 11.2. The van der Waals surface area contributed by atoms with Crippen molar-refractivity contribution in [3.05, 3.63) is 35.4 Å². The maximum absolute atomic E-state index is 14.1. The van der Waals surface area contributed by atoms with Crippen molar-refractivity contribution < 1.29 is 8.78 Å². The first-order valence-corrected chi connectivity index (χ1v) is 7.62. The van der Waals surface area contributed by atoms with Crippen LogP contribution in [0.25, 0.3) is 0 Å². The Bertz CT molecular complexity index is 406. The molecule has 0 bridgehead atoms. The summed E-state index contributed by atoms with van der Waals surface area (Å²) in [6.07, 6.45) is 4.07. The molecule has 1 aromatic carbocycles. The molecule has 0 unspecified atom stereocenters. The third-order valence-electron chi connectivity index (χ3n) is 4.01. The SMILES string of the molecule is CCCCC[C@@H](c1c(F)cccc1F)N1CCNCC1.Cl.Cl. The molecular formula is C16H26Cl2F2N2. The van der Waals surface area contributed by atoms with Crippen LogP contribution in [0, 0.1) is 11.6 Å². The number of piperazine rings is 1. The van der Waals surface area contributed by atoms with Gasteiger partial charge in [0.15, 0.2) is 0 Å². The summed E-state index contributed by atoms with van der Waals surface area (Å²) in [5.41, 5.74) is 0.255. The molecule has 1 aliphatic heterocycles. The lowest BCUT2D eigenvalue weighted by Gasteiger charge is -2.35. The zero-order valence-corrected chi connectivity index (χ0v) is 14.6. The molecule has 0 spiro atoms. The molecule has 1 saturated heterocycles. The highest BCUT2D eigenvalue weighted by Crippen LogP contribution is 2.30. The van der Waals surface area contributed by atoms with Crippen LogP contribution in [-0.4, -0.2) is 31.1 Å². The van der Waals surface area contributed by atoms with Crippen LogP contribution in [0.15, 0.2) is 18.2 Å². The molecule has 1 fully saturated rings. The Morgan fingerprint density at radius 3 is 2.23 bits per heavy atom. The topological polar surface area (TPSA) is 15.3 Å². The second-order valence-electron chi connectivity index (χ2n) is 5.43. The fourth-order valence-corrected chi connectivity index (χ4v) is 2.92. The third-order valence-corrected chi connectivity index (χ3v) is 4.01. The number of hydrogen-bond donors (Lipinski definition) is 1. The van der Waals surface area contributed by atoms with Crippen LogP contribution in [0.2, 0.25) is 0 Å². The molecule has 1 aromatic rings. The largest absolute Gasteiger partial charge is 0.314 e. The Morgan fingerprint density at radius 1 is 1.09 bits per heavy atom. The van der Waals surface area contributed by atoms with Gasteiger partial charge in [-0.15, -0.1) is 24.8 Å². The van der Waals surface area contributed by atoms with Gasteiger partial charge in [0.2, 0.25) is 0 Å². The lowest BCUT2D eigenvalue weighted by atomic mass is 9.97. The van der Waals surface area contributed by atoms with Crippen LogP contribution in [0.4, 0.5) is 8.78 Å². The molecule has 1 atom stereocenters. The van der Waals surface area contributed by atoms with Gasteiger partial charge in [-0.3, -0.25) is 4.90 Å². The molecule has 0 saturated carbocycles. The summed E-state index contributed by atoms with van der Waals surface area (Å²) < 4.78 is 28.2. The summed E-state index contributed by atoms with van der Waals surface area (Å²) in [6, 6.07) is 4.04. The van der Waals surface area contributed by atoms with Gasteiger partial charge in [0.05, 0.1) is 0 Å². The standard InChI is InChI=1S/C16H24F2N2.2ClH/c1-2-3-4-8-15(20-11-9-19-10-12-20)16-13(17)6-5-7-14(16)18;;/h5-7,15,19H,2-4,8-12H2,1H3;2*1H/t15-;;/m0../s1. The second-order valence-corrected chi connectivity index (χ2v) is 5.43. The number of nitrogens with one attached hydrogen (secondary N) is 1. The number of benzene rings is 1. The van der Waals surface area contributed by atoms with E-state index in [0.29, 0.717) is 0 Å². The molecule has 2 nitrogen and oxygen atoms in total. The van der Waals surface area contributed by atoms with Crippen molar-refractivity contribution in [2.45, 2.75) is 38.6 Å². The monoisotopic (exact) mass is 354 g/mol. The van der Waals surface area contributed by atoms with Crippen LogP contribution in [0.1, 0.15) is 44.2 Å². The number of rotatable bonds is 6. The Morgan fingerprint density at radius 2 is 1.68 bits per heavy atom. The van der Waals surface area contributed by atoms with Crippen LogP contribution < -0.4 is 5.32 Å². The van der Waals surface area contributed by atoms with Crippen LogP contribution >= 0.6 is 24.8 Å². The van der Waals surface area contributed by atoms with Gasteiger partial charge in [-0.1, -0.05) is 32.3 Å². The Labute approximate surface area is 144 Å². The first kappa shape index (κ1) is 21.6. The highest BCUT2D eigenvalue weighted by molar-refractivity contribution is 5.85. The van der Waals surface area contributed by atoms with E-state index >= 15 is 0 Å². The molecule has 0 radical (unpaired) electrons. The van der Waals surface area contributed by atoms with Gasteiger partial charge in [0, 0.05) is 37.8 Å². The molecular weight excluding hydrogens is 329 g/mol. The Hall–Kier alpha value is -0.420. The van der Waals surface area contributed by atoms with E-state index in [0.717, 1.165) is 51.9 Å². The van der Waals surface area contributed by atoms with E-state index in [1.807, 2.05) is 0 Å². The van der Waals surface area contributed by atoms with Gasteiger partial charge in [-0.25, -0.2) is 8.78 Å². The quantitative estimate of drug-likeness (QED) is 0.764. The summed E-state index contributed by atoms with van der Waals surface area (Å²) in [4.78, 5) is 2.22. The summed E-state index contributed by atoms with van der Waals surface area (Å²) in [5, 5.41) is 3.29. The zero-order chi connectivity index (χ0) is 14.4. The first-order chi connectivity index (χ1) is 9.74. The normalized spacial score (nSPS) is 16.5. The number of halogens is 4. The predicted molar refractivity (Wildman–Crippen MR) is 92.2 cm³/mol. The number of hydrogen-bond acceptors (Lipinski definition) is 2. The number of unbranched alkanes of at least 4 members (excludes halogenated alkanes) is 2. The molecule has 1 aliphatic rings. The summed E-state index contributed by atoms with van der Waals surface area (Å²) in [7, 11) is 0. The molecule has 1 heterocycles. The van der Waals surface area contributed by atoms with Gasteiger partial charge in [-0.2, -0.15) is 0 Å². The zero-order valence-electron chi connectivity index (χ0n) is 13.0. The Balaban J connectivity index is 0.00000220. The van der Waals surface area contributed by atoms with E-state index in [9.17, 15) is 8.78 Å². The lowest BCUT2D eigenvalue weighted by Crippen LogP contribution is -2.45. The van der Waals surface area contributed by atoms with E-state index in [4.69, 9.17) is 0 Å². The molecule has 22 heavy (non-hydrogen) atoms. The highest BCUT2D eigenvalue weighted by atomic mass is 35.5. The number of nitrogens with zero attached hydrogens (tertiary/aromatic N) is 1. The van der Waals surface area contributed by atoms with E-state index < -0.39 is 11.6 Å². The van der Waals surface area contributed by atoms with Crippen LogP contribution in [0.3, 0.4) is 0 Å². The fourth-order valence-electron chi connectivity index (χ4n) is 2.92. The van der Waals surface area contributed by atoms with Gasteiger partial charge in [0.1, 0.15) is 11.6 Å². The Kier molecular flexibility index (Phi) is 11.0. The van der Waals surface area contributed by atoms with Crippen LogP contribution in [-0.2, 0) is 0 Å². The molecule has 128 valence electrons. The van der Waals surface area contributed by atoms with Crippen molar-refractivity contribution in [1.82, 2.24) is 10.2 Å². The van der Waals surface area contributed by atoms with Crippen molar-refractivity contribution in [3.8, 4) is 0 Å². The van der Waals surface area contributed by atoms with Crippen molar-refractivity contribution in [2.75, 3.05) is 26.2 Å². The lowest BCUT2D eigenvalue weighted by molar-refractivity contribution is 0.156. The fraction of sp³-hybridized carbons (Fsp3) is 0.625. The smallest absolute Gasteiger partial charge is 0.130 e.